The molecular weight excluding hydrogens is 351 g/mol. The molecule has 0 saturated carbocycles. The van der Waals surface area contributed by atoms with Crippen molar-refractivity contribution in [1.29, 1.82) is 0 Å². The first-order valence-corrected chi connectivity index (χ1v) is 7.89. The van der Waals surface area contributed by atoms with E-state index in [9.17, 15) is 14.0 Å². The Labute approximate surface area is 154 Å². The fraction of sp³-hybridized carbons (Fsp3) is 0.0526. The molecule has 8 heteroatoms. The van der Waals surface area contributed by atoms with Crippen molar-refractivity contribution in [2.24, 2.45) is 0 Å². The van der Waals surface area contributed by atoms with Crippen molar-refractivity contribution in [3.8, 4) is 0 Å². The minimum atomic E-state index is -0.456. The van der Waals surface area contributed by atoms with Crippen LogP contribution in [-0.4, -0.2) is 29.0 Å². The maximum atomic E-state index is 12.9. The molecule has 0 radical (unpaired) electrons. The summed E-state index contributed by atoms with van der Waals surface area (Å²) in [5, 5.41) is 5.62. The Morgan fingerprint density at radius 1 is 0.926 bits per heavy atom. The lowest BCUT2D eigenvalue weighted by Crippen LogP contribution is -2.14. The molecule has 3 rings (SSSR count). The molecule has 0 bridgehead atoms. The van der Waals surface area contributed by atoms with E-state index in [1.807, 2.05) is 0 Å². The molecule has 0 fully saturated rings. The van der Waals surface area contributed by atoms with Crippen molar-refractivity contribution < 1.29 is 18.7 Å². The smallest absolute Gasteiger partial charge is 0.337 e. The number of nitrogens with zero attached hydrogens (tertiary/aromatic N) is 2. The Bertz CT molecular complexity index is 942. The molecule has 0 saturated heterocycles. The van der Waals surface area contributed by atoms with Gasteiger partial charge in [-0.05, 0) is 48.5 Å². The SMILES string of the molecule is COC(=O)c1ccc(NC(=O)c2cnc(Nc3ccc(F)cc3)cn2)cc1. The van der Waals surface area contributed by atoms with E-state index in [4.69, 9.17) is 0 Å². The predicted octanol–water partition coefficient (Wildman–Crippen LogP) is 3.40. The summed E-state index contributed by atoms with van der Waals surface area (Å²) in [5.74, 6) is -0.816. The summed E-state index contributed by atoms with van der Waals surface area (Å²) < 4.78 is 17.5. The number of benzene rings is 2. The highest BCUT2D eigenvalue weighted by atomic mass is 19.1. The van der Waals surface area contributed by atoms with Crippen LogP contribution >= 0.6 is 0 Å². The fourth-order valence-corrected chi connectivity index (χ4v) is 2.19. The van der Waals surface area contributed by atoms with Crippen LogP contribution in [0.4, 0.5) is 21.6 Å². The molecule has 0 aliphatic heterocycles. The lowest BCUT2D eigenvalue weighted by Gasteiger charge is -2.07. The number of carbonyl (C=O) groups excluding carboxylic acids is 2. The van der Waals surface area contributed by atoms with Gasteiger partial charge in [-0.3, -0.25) is 4.79 Å². The highest BCUT2D eigenvalue weighted by Gasteiger charge is 2.10. The van der Waals surface area contributed by atoms with Crippen molar-refractivity contribution in [1.82, 2.24) is 9.97 Å². The van der Waals surface area contributed by atoms with E-state index in [0.29, 0.717) is 22.8 Å². The first kappa shape index (κ1) is 18.0. The molecular formula is C19H15FN4O3. The van der Waals surface area contributed by atoms with Gasteiger partial charge >= 0.3 is 5.97 Å². The molecule has 2 N–H and O–H groups in total. The number of methoxy groups -OCH3 is 1. The number of halogens is 1. The Balaban J connectivity index is 1.63. The van der Waals surface area contributed by atoms with Gasteiger partial charge in [0.15, 0.2) is 0 Å². The van der Waals surface area contributed by atoms with Crippen molar-refractivity contribution >= 4 is 29.1 Å². The first-order chi connectivity index (χ1) is 13.0. The van der Waals surface area contributed by atoms with Gasteiger partial charge in [-0.1, -0.05) is 0 Å². The molecule has 7 nitrogen and oxygen atoms in total. The van der Waals surface area contributed by atoms with Crippen molar-refractivity contribution in [2.75, 3.05) is 17.7 Å². The van der Waals surface area contributed by atoms with Gasteiger partial charge in [0.05, 0.1) is 25.1 Å². The zero-order valence-corrected chi connectivity index (χ0v) is 14.3. The molecule has 0 unspecified atom stereocenters. The molecule has 27 heavy (non-hydrogen) atoms. The van der Waals surface area contributed by atoms with E-state index >= 15 is 0 Å². The van der Waals surface area contributed by atoms with Crippen LogP contribution in [0.3, 0.4) is 0 Å². The Morgan fingerprint density at radius 3 is 2.19 bits per heavy atom. The maximum absolute atomic E-state index is 12.9. The van der Waals surface area contributed by atoms with Gasteiger partial charge < -0.3 is 15.4 Å². The molecule has 0 aliphatic carbocycles. The molecule has 0 spiro atoms. The third-order valence-electron chi connectivity index (χ3n) is 3.56. The van der Waals surface area contributed by atoms with E-state index in [0.717, 1.165) is 0 Å². The second kappa shape index (κ2) is 8.05. The number of amides is 1. The van der Waals surface area contributed by atoms with Gasteiger partial charge in [-0.25, -0.2) is 19.2 Å². The Hall–Kier alpha value is -3.81. The zero-order chi connectivity index (χ0) is 19.2. The third-order valence-corrected chi connectivity index (χ3v) is 3.56. The molecule has 0 aliphatic rings. The topological polar surface area (TPSA) is 93.2 Å². The lowest BCUT2D eigenvalue weighted by molar-refractivity contribution is 0.0600. The number of aromatic nitrogens is 2. The summed E-state index contributed by atoms with van der Waals surface area (Å²) in [6.07, 6.45) is 2.72. The first-order valence-electron chi connectivity index (χ1n) is 7.89. The highest BCUT2D eigenvalue weighted by molar-refractivity contribution is 6.03. The second-order valence-electron chi connectivity index (χ2n) is 5.44. The van der Waals surface area contributed by atoms with Gasteiger partial charge in [-0.2, -0.15) is 0 Å². The Kier molecular flexibility index (Phi) is 5.36. The van der Waals surface area contributed by atoms with Gasteiger partial charge in [0.25, 0.3) is 5.91 Å². The number of rotatable bonds is 5. The quantitative estimate of drug-likeness (QED) is 0.672. The zero-order valence-electron chi connectivity index (χ0n) is 14.3. The number of anilines is 3. The molecule has 3 aromatic rings. The van der Waals surface area contributed by atoms with Crippen molar-refractivity contribution in [2.45, 2.75) is 0 Å². The number of hydrogen-bond donors (Lipinski definition) is 2. The van der Waals surface area contributed by atoms with E-state index in [1.54, 1.807) is 36.4 Å². The average molecular weight is 366 g/mol. The van der Waals surface area contributed by atoms with Crippen LogP contribution in [0.2, 0.25) is 0 Å². The van der Waals surface area contributed by atoms with Crippen LogP contribution in [0.15, 0.2) is 60.9 Å². The molecule has 2 aromatic carbocycles. The van der Waals surface area contributed by atoms with Crippen LogP contribution in [0.1, 0.15) is 20.8 Å². The summed E-state index contributed by atoms with van der Waals surface area (Å²) >= 11 is 0. The van der Waals surface area contributed by atoms with Gasteiger partial charge in [0.1, 0.15) is 17.3 Å². The maximum Gasteiger partial charge on any atom is 0.337 e. The van der Waals surface area contributed by atoms with E-state index in [-0.39, 0.29) is 11.5 Å². The summed E-state index contributed by atoms with van der Waals surface area (Å²) in [6, 6.07) is 12.0. The number of nitrogens with one attached hydrogen (secondary N) is 2. The van der Waals surface area contributed by atoms with Crippen molar-refractivity contribution in [3.63, 3.8) is 0 Å². The Morgan fingerprint density at radius 2 is 1.59 bits per heavy atom. The summed E-state index contributed by atoms with van der Waals surface area (Å²) in [7, 11) is 1.30. The summed E-state index contributed by atoms with van der Waals surface area (Å²) in [6.45, 7) is 0. The standard InChI is InChI=1S/C19H15FN4O3/c1-27-19(26)12-2-6-15(7-3-12)24-18(25)16-10-22-17(11-21-16)23-14-8-4-13(20)5-9-14/h2-11H,1H3,(H,22,23)(H,24,25). The minimum absolute atomic E-state index is 0.122. The van der Waals surface area contributed by atoms with Crippen LogP contribution in [0.25, 0.3) is 0 Å². The average Bonchev–Trinajstić information content (AvgIpc) is 2.70. The normalized spacial score (nSPS) is 10.1. The summed E-state index contributed by atoms with van der Waals surface area (Å²) in [4.78, 5) is 31.8. The van der Waals surface area contributed by atoms with Crippen LogP contribution in [0.5, 0.6) is 0 Å². The molecule has 1 heterocycles. The van der Waals surface area contributed by atoms with Crippen LogP contribution in [0, 0.1) is 5.82 Å². The number of esters is 1. The van der Waals surface area contributed by atoms with E-state index < -0.39 is 11.9 Å². The molecule has 0 atom stereocenters. The van der Waals surface area contributed by atoms with Crippen molar-refractivity contribution in [3.05, 3.63) is 78.0 Å². The minimum Gasteiger partial charge on any atom is -0.465 e. The summed E-state index contributed by atoms with van der Waals surface area (Å²) in [5.41, 5.74) is 1.65. The van der Waals surface area contributed by atoms with Gasteiger partial charge in [-0.15, -0.1) is 0 Å². The fourth-order valence-electron chi connectivity index (χ4n) is 2.19. The van der Waals surface area contributed by atoms with Crippen LogP contribution in [-0.2, 0) is 4.74 Å². The van der Waals surface area contributed by atoms with E-state index in [2.05, 4.69) is 25.3 Å². The second-order valence-corrected chi connectivity index (χ2v) is 5.44. The monoisotopic (exact) mass is 366 g/mol. The third kappa shape index (κ3) is 4.63. The van der Waals surface area contributed by atoms with Crippen LogP contribution < -0.4 is 10.6 Å². The number of ether oxygens (including phenoxy) is 1. The van der Waals surface area contributed by atoms with Gasteiger partial charge in [0.2, 0.25) is 0 Å². The van der Waals surface area contributed by atoms with E-state index in [1.165, 1.54) is 31.6 Å². The number of carbonyl (C=O) groups is 2. The van der Waals surface area contributed by atoms with Gasteiger partial charge in [0, 0.05) is 11.4 Å². The molecule has 1 amide bonds. The predicted molar refractivity (Wildman–Crippen MR) is 97.4 cm³/mol. The molecule has 1 aromatic heterocycles. The molecule has 136 valence electrons. The lowest BCUT2D eigenvalue weighted by atomic mass is 10.2. The highest BCUT2D eigenvalue weighted by Crippen LogP contribution is 2.15. The largest absolute Gasteiger partial charge is 0.465 e. The number of hydrogen-bond acceptors (Lipinski definition) is 6.